The average molecular weight is 475 g/mol. The summed E-state index contributed by atoms with van der Waals surface area (Å²) in [5.41, 5.74) is 1.13. The molecule has 0 spiro atoms. The molecule has 1 fully saturated rings. The molecule has 1 aliphatic rings. The maximum atomic E-state index is 12.2. The van der Waals surface area contributed by atoms with Gasteiger partial charge in [0.15, 0.2) is 5.76 Å². The van der Waals surface area contributed by atoms with E-state index in [4.69, 9.17) is 20.8 Å². The van der Waals surface area contributed by atoms with Gasteiger partial charge in [-0.05, 0) is 24.6 Å². The molecule has 1 aliphatic heterocycles. The summed E-state index contributed by atoms with van der Waals surface area (Å²) in [7, 11) is 0. The van der Waals surface area contributed by atoms with Crippen molar-refractivity contribution in [3.05, 3.63) is 46.9 Å². The number of nitrogens with zero attached hydrogens (tertiary/aromatic N) is 4. The first-order valence-corrected chi connectivity index (χ1v) is 11.4. The Morgan fingerprint density at radius 3 is 2.64 bits per heavy atom. The van der Waals surface area contributed by atoms with E-state index in [1.54, 1.807) is 18.2 Å². The van der Waals surface area contributed by atoms with Crippen LogP contribution in [0.5, 0.6) is 0 Å². The highest BCUT2D eigenvalue weighted by Crippen LogP contribution is 2.41. The fourth-order valence-electron chi connectivity index (χ4n) is 3.91. The van der Waals surface area contributed by atoms with E-state index in [1.807, 2.05) is 11.8 Å². The second kappa shape index (κ2) is 10.4. The van der Waals surface area contributed by atoms with Gasteiger partial charge in [0.25, 0.3) is 0 Å². The zero-order valence-electron chi connectivity index (χ0n) is 18.4. The molecule has 176 valence electrons. The number of hydrogen-bond donors (Lipinski definition) is 2. The van der Waals surface area contributed by atoms with Crippen molar-refractivity contribution in [1.29, 1.82) is 0 Å². The lowest BCUT2D eigenvalue weighted by Gasteiger charge is -2.26. The van der Waals surface area contributed by atoms with Gasteiger partial charge in [-0.3, -0.25) is 4.90 Å². The van der Waals surface area contributed by atoms with Crippen molar-refractivity contribution >= 4 is 40.3 Å². The lowest BCUT2D eigenvalue weighted by molar-refractivity contribution is 0.122. The molecule has 1 saturated heterocycles. The van der Waals surface area contributed by atoms with Crippen LogP contribution in [0.4, 0.5) is 16.4 Å². The van der Waals surface area contributed by atoms with Crippen LogP contribution >= 0.6 is 11.6 Å². The van der Waals surface area contributed by atoms with Crippen LogP contribution in [-0.4, -0.2) is 59.1 Å². The minimum absolute atomic E-state index is 0.119. The van der Waals surface area contributed by atoms with Gasteiger partial charge in [-0.25, -0.2) is 14.8 Å². The number of carboxylic acid groups (broad SMARTS) is 1. The molecule has 0 saturated carbocycles. The lowest BCUT2D eigenvalue weighted by atomic mass is 10.1. The number of carbonyl (C=O) groups is 1. The molecular weight excluding hydrogens is 448 g/mol. The SMILES string of the molecule is CCCCCN(C(=O)O)c1c(C(O)c2cnc(N3CCOCC3)nc2)oc2ccc(Cl)cc12. The maximum absolute atomic E-state index is 12.2. The first kappa shape index (κ1) is 23.3. The fraction of sp³-hybridized carbons (Fsp3) is 0.435. The maximum Gasteiger partial charge on any atom is 0.411 e. The largest absolute Gasteiger partial charge is 0.465 e. The number of benzene rings is 1. The Labute approximate surface area is 196 Å². The number of rotatable bonds is 8. The highest BCUT2D eigenvalue weighted by molar-refractivity contribution is 6.31. The van der Waals surface area contributed by atoms with Crippen LogP contribution < -0.4 is 9.80 Å². The molecule has 10 heteroatoms. The average Bonchev–Trinajstić information content (AvgIpc) is 3.20. The molecule has 1 aromatic carbocycles. The van der Waals surface area contributed by atoms with Crippen molar-refractivity contribution < 1.29 is 24.2 Å². The Balaban J connectivity index is 1.71. The van der Waals surface area contributed by atoms with E-state index in [0.29, 0.717) is 65.9 Å². The Bertz CT molecular complexity index is 1100. The fourth-order valence-corrected chi connectivity index (χ4v) is 4.09. The third-order valence-corrected chi connectivity index (χ3v) is 5.89. The van der Waals surface area contributed by atoms with Crippen LogP contribution in [-0.2, 0) is 4.74 Å². The molecular formula is C23H27ClN4O5. The number of fused-ring (bicyclic) bond motifs is 1. The first-order chi connectivity index (χ1) is 16.0. The Morgan fingerprint density at radius 1 is 1.24 bits per heavy atom. The summed E-state index contributed by atoms with van der Waals surface area (Å²) in [4.78, 5) is 24.2. The topological polar surface area (TPSA) is 112 Å². The molecule has 0 bridgehead atoms. The van der Waals surface area contributed by atoms with E-state index in [1.165, 1.54) is 17.3 Å². The van der Waals surface area contributed by atoms with Crippen LogP contribution in [0.25, 0.3) is 11.0 Å². The molecule has 3 aromatic rings. The monoisotopic (exact) mass is 474 g/mol. The summed E-state index contributed by atoms with van der Waals surface area (Å²) in [5, 5.41) is 22.1. The summed E-state index contributed by atoms with van der Waals surface area (Å²) >= 11 is 6.20. The van der Waals surface area contributed by atoms with Crippen LogP contribution in [0.3, 0.4) is 0 Å². The van der Waals surface area contributed by atoms with Gasteiger partial charge in [0.1, 0.15) is 11.7 Å². The zero-order chi connectivity index (χ0) is 23.4. The standard InChI is InChI=1S/C23H27ClN4O5/c1-2-3-4-7-28(23(30)31)19-17-12-16(24)5-6-18(17)33-21(19)20(29)15-13-25-22(26-14-15)27-8-10-32-11-9-27/h5-6,12-14,20,29H,2-4,7-11H2,1H3,(H,30,31). The summed E-state index contributed by atoms with van der Waals surface area (Å²) in [5.74, 6) is 0.673. The zero-order valence-corrected chi connectivity index (χ0v) is 19.2. The predicted molar refractivity (Wildman–Crippen MR) is 125 cm³/mol. The highest BCUT2D eigenvalue weighted by Gasteiger charge is 2.30. The third-order valence-electron chi connectivity index (χ3n) is 5.65. The second-order valence-corrected chi connectivity index (χ2v) is 8.35. The number of hydrogen-bond acceptors (Lipinski definition) is 7. The summed E-state index contributed by atoms with van der Waals surface area (Å²) in [6.07, 6.45) is 3.22. The highest BCUT2D eigenvalue weighted by atomic mass is 35.5. The number of anilines is 2. The Morgan fingerprint density at radius 2 is 1.97 bits per heavy atom. The van der Waals surface area contributed by atoms with Crippen LogP contribution in [0.15, 0.2) is 35.0 Å². The Hall–Kier alpha value is -2.88. The van der Waals surface area contributed by atoms with E-state index in [9.17, 15) is 15.0 Å². The van der Waals surface area contributed by atoms with Gasteiger partial charge in [0, 0.05) is 48.0 Å². The molecule has 1 atom stereocenters. The smallest absolute Gasteiger partial charge is 0.411 e. The van der Waals surface area contributed by atoms with E-state index in [2.05, 4.69) is 9.97 Å². The number of morpholine rings is 1. The quantitative estimate of drug-likeness (QED) is 0.460. The number of amides is 1. The molecule has 2 aromatic heterocycles. The minimum Gasteiger partial charge on any atom is -0.465 e. The number of furan rings is 1. The van der Waals surface area contributed by atoms with Crippen molar-refractivity contribution in [3.63, 3.8) is 0 Å². The molecule has 1 unspecified atom stereocenters. The van der Waals surface area contributed by atoms with E-state index in [-0.39, 0.29) is 12.3 Å². The van der Waals surface area contributed by atoms with Crippen molar-refractivity contribution in [1.82, 2.24) is 9.97 Å². The predicted octanol–water partition coefficient (Wildman–Crippen LogP) is 4.47. The van der Waals surface area contributed by atoms with Gasteiger partial charge in [-0.1, -0.05) is 31.4 Å². The number of unbranched alkanes of at least 4 members (excludes halogenated alkanes) is 2. The Kier molecular flexibility index (Phi) is 7.32. The van der Waals surface area contributed by atoms with E-state index >= 15 is 0 Å². The van der Waals surface area contributed by atoms with Crippen molar-refractivity contribution in [3.8, 4) is 0 Å². The van der Waals surface area contributed by atoms with Gasteiger partial charge in [-0.15, -0.1) is 0 Å². The molecule has 3 heterocycles. The molecule has 2 N–H and O–H groups in total. The van der Waals surface area contributed by atoms with E-state index in [0.717, 1.165) is 12.8 Å². The number of aliphatic hydroxyl groups excluding tert-OH is 1. The van der Waals surface area contributed by atoms with Crippen LogP contribution in [0, 0.1) is 0 Å². The van der Waals surface area contributed by atoms with Crippen LogP contribution in [0.2, 0.25) is 5.02 Å². The number of halogens is 1. The summed E-state index contributed by atoms with van der Waals surface area (Å²) in [6, 6.07) is 4.98. The molecule has 9 nitrogen and oxygen atoms in total. The second-order valence-electron chi connectivity index (χ2n) is 7.92. The van der Waals surface area contributed by atoms with Crippen LogP contribution in [0.1, 0.15) is 43.6 Å². The summed E-state index contributed by atoms with van der Waals surface area (Å²) < 4.78 is 11.3. The van der Waals surface area contributed by atoms with Gasteiger partial charge in [-0.2, -0.15) is 0 Å². The van der Waals surface area contributed by atoms with Gasteiger partial charge in [0.2, 0.25) is 5.95 Å². The van der Waals surface area contributed by atoms with Gasteiger partial charge < -0.3 is 24.3 Å². The first-order valence-electron chi connectivity index (χ1n) is 11.0. The molecule has 4 rings (SSSR count). The van der Waals surface area contributed by atoms with Gasteiger partial charge in [0.05, 0.1) is 18.9 Å². The summed E-state index contributed by atoms with van der Waals surface area (Å²) in [6.45, 7) is 4.94. The normalized spacial score (nSPS) is 15.1. The third kappa shape index (κ3) is 5.05. The van der Waals surface area contributed by atoms with Crippen molar-refractivity contribution in [2.24, 2.45) is 0 Å². The molecule has 0 aliphatic carbocycles. The van der Waals surface area contributed by atoms with Gasteiger partial charge >= 0.3 is 6.09 Å². The minimum atomic E-state index is -1.25. The van der Waals surface area contributed by atoms with Crippen molar-refractivity contribution in [2.45, 2.75) is 32.3 Å². The number of aliphatic hydroxyl groups is 1. The number of ether oxygens (including phenoxy) is 1. The van der Waals surface area contributed by atoms with Crippen molar-refractivity contribution in [2.75, 3.05) is 42.6 Å². The van der Waals surface area contributed by atoms with E-state index < -0.39 is 12.2 Å². The lowest BCUT2D eigenvalue weighted by Crippen LogP contribution is -2.37. The molecule has 1 amide bonds. The number of aromatic nitrogens is 2. The molecule has 33 heavy (non-hydrogen) atoms. The molecule has 0 radical (unpaired) electrons.